The van der Waals surface area contributed by atoms with Crippen LogP contribution in [0, 0.1) is 17.8 Å². The van der Waals surface area contributed by atoms with Crippen molar-refractivity contribution < 1.29 is 18.3 Å². The molecule has 0 aliphatic carbocycles. The summed E-state index contributed by atoms with van der Waals surface area (Å²) in [6.45, 7) is 0.107. The molecule has 1 aliphatic heterocycles. The van der Waals surface area contributed by atoms with E-state index in [1.54, 1.807) is 12.1 Å². The predicted molar refractivity (Wildman–Crippen MR) is 76.5 cm³/mol. The fourth-order valence-corrected chi connectivity index (χ4v) is 3.75. The summed E-state index contributed by atoms with van der Waals surface area (Å²) in [5, 5.41) is 8.67. The summed E-state index contributed by atoms with van der Waals surface area (Å²) in [7, 11) is -3.66. The van der Waals surface area contributed by atoms with E-state index in [1.165, 1.54) is 16.4 Å². The van der Waals surface area contributed by atoms with Crippen molar-refractivity contribution in [1.82, 2.24) is 4.31 Å². The van der Waals surface area contributed by atoms with Gasteiger partial charge in [-0.25, -0.2) is 8.42 Å². The molecule has 6 nitrogen and oxygen atoms in total. The molecule has 0 aromatic heterocycles. The smallest absolute Gasteiger partial charge is 0.243 e. The molecule has 1 unspecified atom stereocenters. The molecule has 1 heterocycles. The highest BCUT2D eigenvalue weighted by atomic mass is 32.2. The van der Waals surface area contributed by atoms with E-state index in [4.69, 9.17) is 10.8 Å². The van der Waals surface area contributed by atoms with Gasteiger partial charge in [0, 0.05) is 18.7 Å². The third-order valence-electron chi connectivity index (χ3n) is 3.34. The largest absolute Gasteiger partial charge is 0.384 e. The summed E-state index contributed by atoms with van der Waals surface area (Å²) in [6.07, 6.45) is 0.443. The molecule has 3 N–H and O–H groups in total. The number of aliphatic hydroxyl groups excluding tert-OH is 1. The average Bonchev–Trinajstić information content (AvgIpc) is 2.96. The van der Waals surface area contributed by atoms with Crippen LogP contribution in [0.15, 0.2) is 29.2 Å². The third-order valence-corrected chi connectivity index (χ3v) is 5.20. The number of primary amides is 1. The van der Waals surface area contributed by atoms with Gasteiger partial charge in [0.05, 0.1) is 10.8 Å². The van der Waals surface area contributed by atoms with Crippen LogP contribution in [0.4, 0.5) is 0 Å². The van der Waals surface area contributed by atoms with E-state index < -0.39 is 21.8 Å². The van der Waals surface area contributed by atoms with E-state index >= 15 is 0 Å². The molecule has 112 valence electrons. The van der Waals surface area contributed by atoms with Gasteiger partial charge in [-0.1, -0.05) is 17.9 Å². The standard InChI is InChI=1S/C14H16N2O4S/c15-14(18)12-6-7-16(10-12)21(19,20)13-5-1-3-11(9-13)4-2-8-17/h1,3,5,9,12,17H,6-8,10H2,(H2,15,18). The molecule has 0 saturated carbocycles. The summed E-state index contributed by atoms with van der Waals surface area (Å²) in [4.78, 5) is 11.3. The number of amides is 1. The van der Waals surface area contributed by atoms with Crippen molar-refractivity contribution >= 4 is 15.9 Å². The molecule has 1 saturated heterocycles. The summed E-state index contributed by atoms with van der Waals surface area (Å²) >= 11 is 0. The minimum atomic E-state index is -3.66. The lowest BCUT2D eigenvalue weighted by Gasteiger charge is -2.16. The van der Waals surface area contributed by atoms with Crippen molar-refractivity contribution in [1.29, 1.82) is 0 Å². The number of nitrogens with two attached hydrogens (primary N) is 1. The average molecular weight is 308 g/mol. The van der Waals surface area contributed by atoms with Crippen LogP contribution in [-0.2, 0) is 14.8 Å². The Labute approximate surface area is 123 Å². The molecule has 1 amide bonds. The zero-order valence-corrected chi connectivity index (χ0v) is 12.1. The maximum Gasteiger partial charge on any atom is 0.243 e. The van der Waals surface area contributed by atoms with Gasteiger partial charge >= 0.3 is 0 Å². The fraction of sp³-hybridized carbons (Fsp3) is 0.357. The molecular formula is C14H16N2O4S. The molecule has 0 spiro atoms. The Balaban J connectivity index is 2.26. The van der Waals surface area contributed by atoms with Crippen LogP contribution < -0.4 is 5.73 Å². The van der Waals surface area contributed by atoms with Crippen molar-refractivity contribution in [3.8, 4) is 11.8 Å². The predicted octanol–water partition coefficient (Wildman–Crippen LogP) is -0.474. The first-order valence-corrected chi connectivity index (χ1v) is 7.88. The number of aliphatic hydroxyl groups is 1. The number of nitrogens with zero attached hydrogens (tertiary/aromatic N) is 1. The zero-order valence-electron chi connectivity index (χ0n) is 11.3. The Kier molecular flexibility index (Phi) is 4.63. The Bertz CT molecular complexity index is 703. The lowest BCUT2D eigenvalue weighted by molar-refractivity contribution is -0.121. The second kappa shape index (κ2) is 6.26. The Morgan fingerprint density at radius 2 is 2.24 bits per heavy atom. The first-order chi connectivity index (χ1) is 9.95. The highest BCUT2D eigenvalue weighted by Crippen LogP contribution is 2.24. The van der Waals surface area contributed by atoms with Gasteiger partial charge in [-0.2, -0.15) is 4.31 Å². The van der Waals surface area contributed by atoms with Crippen molar-refractivity contribution in [3.63, 3.8) is 0 Å². The number of hydrogen-bond donors (Lipinski definition) is 2. The van der Waals surface area contributed by atoms with Crippen molar-refractivity contribution in [2.45, 2.75) is 11.3 Å². The van der Waals surface area contributed by atoms with Crippen LogP contribution in [0.25, 0.3) is 0 Å². The molecule has 1 atom stereocenters. The second-order valence-electron chi connectivity index (χ2n) is 4.74. The van der Waals surface area contributed by atoms with Gasteiger partial charge in [-0.05, 0) is 24.6 Å². The van der Waals surface area contributed by atoms with Crippen molar-refractivity contribution in [2.75, 3.05) is 19.7 Å². The highest BCUT2D eigenvalue weighted by molar-refractivity contribution is 7.89. The summed E-state index contributed by atoms with van der Waals surface area (Å²) in [5.41, 5.74) is 5.73. The van der Waals surface area contributed by atoms with Gasteiger partial charge < -0.3 is 10.8 Å². The van der Waals surface area contributed by atoms with Gasteiger partial charge in [0.15, 0.2) is 0 Å². The number of benzene rings is 1. The molecular weight excluding hydrogens is 292 g/mol. The molecule has 1 aliphatic rings. The van der Waals surface area contributed by atoms with Crippen LogP contribution in [0.2, 0.25) is 0 Å². The molecule has 1 fully saturated rings. The molecule has 1 aromatic rings. The van der Waals surface area contributed by atoms with Crippen LogP contribution in [0.5, 0.6) is 0 Å². The molecule has 0 radical (unpaired) electrons. The van der Waals surface area contributed by atoms with Crippen LogP contribution >= 0.6 is 0 Å². The lowest BCUT2D eigenvalue weighted by Crippen LogP contribution is -2.31. The molecule has 21 heavy (non-hydrogen) atoms. The number of carbonyl (C=O) groups is 1. The topological polar surface area (TPSA) is 101 Å². The first kappa shape index (κ1) is 15.5. The van der Waals surface area contributed by atoms with Crippen LogP contribution in [-0.4, -0.2) is 43.4 Å². The number of sulfonamides is 1. The van der Waals surface area contributed by atoms with Crippen LogP contribution in [0.3, 0.4) is 0 Å². The van der Waals surface area contributed by atoms with Gasteiger partial charge in [-0.3, -0.25) is 4.79 Å². The quantitative estimate of drug-likeness (QED) is 0.737. The van der Waals surface area contributed by atoms with Gasteiger partial charge in [-0.15, -0.1) is 0 Å². The third kappa shape index (κ3) is 3.42. The maximum absolute atomic E-state index is 12.5. The van der Waals surface area contributed by atoms with Gasteiger partial charge in [0.1, 0.15) is 6.61 Å². The van der Waals surface area contributed by atoms with Crippen LogP contribution in [0.1, 0.15) is 12.0 Å². The van der Waals surface area contributed by atoms with E-state index in [-0.39, 0.29) is 24.6 Å². The minimum absolute atomic E-state index is 0.115. The Morgan fingerprint density at radius 1 is 1.48 bits per heavy atom. The van der Waals surface area contributed by atoms with E-state index in [1.807, 2.05) is 0 Å². The zero-order chi connectivity index (χ0) is 15.5. The maximum atomic E-state index is 12.5. The molecule has 7 heteroatoms. The molecule has 2 rings (SSSR count). The van der Waals surface area contributed by atoms with Gasteiger partial charge in [0.2, 0.25) is 15.9 Å². The van der Waals surface area contributed by atoms with Crippen molar-refractivity contribution in [2.24, 2.45) is 11.7 Å². The highest BCUT2D eigenvalue weighted by Gasteiger charge is 2.34. The summed E-state index contributed by atoms with van der Waals surface area (Å²) in [5.74, 6) is 4.23. The SMILES string of the molecule is NC(=O)C1CCN(S(=O)(=O)c2cccc(C#CCO)c2)C1. The summed E-state index contributed by atoms with van der Waals surface area (Å²) in [6, 6.07) is 6.19. The minimum Gasteiger partial charge on any atom is -0.384 e. The van der Waals surface area contributed by atoms with Crippen molar-refractivity contribution in [3.05, 3.63) is 29.8 Å². The summed E-state index contributed by atoms with van der Waals surface area (Å²) < 4.78 is 26.3. The Hall–Kier alpha value is -1.88. The van der Waals surface area contributed by atoms with E-state index in [2.05, 4.69) is 11.8 Å². The van der Waals surface area contributed by atoms with E-state index in [0.717, 1.165) is 0 Å². The van der Waals surface area contributed by atoms with Gasteiger partial charge in [0.25, 0.3) is 0 Å². The monoisotopic (exact) mass is 308 g/mol. The van der Waals surface area contributed by atoms with E-state index in [0.29, 0.717) is 12.0 Å². The number of carbonyl (C=O) groups excluding carboxylic acids is 1. The Morgan fingerprint density at radius 3 is 2.86 bits per heavy atom. The normalized spacial score (nSPS) is 19.0. The molecule has 1 aromatic carbocycles. The first-order valence-electron chi connectivity index (χ1n) is 6.44. The number of hydrogen-bond acceptors (Lipinski definition) is 4. The lowest BCUT2D eigenvalue weighted by atomic mass is 10.1. The molecule has 0 bridgehead atoms. The van der Waals surface area contributed by atoms with E-state index in [9.17, 15) is 13.2 Å². The number of rotatable bonds is 3. The second-order valence-corrected chi connectivity index (χ2v) is 6.68. The fourth-order valence-electron chi connectivity index (χ4n) is 2.20.